The van der Waals surface area contributed by atoms with Gasteiger partial charge in [-0.15, -0.1) is 0 Å². The maximum Gasteiger partial charge on any atom is 0.270 e. The molecule has 138 valence electrons. The third-order valence-electron chi connectivity index (χ3n) is 4.38. The molecule has 2 aromatic rings. The van der Waals surface area contributed by atoms with Crippen molar-refractivity contribution >= 4 is 21.4 Å². The molecule has 1 heterocycles. The maximum atomic E-state index is 13.0. The zero-order valence-corrected chi connectivity index (χ0v) is 14.7. The Morgan fingerprint density at radius 3 is 2.65 bits per heavy atom. The largest absolute Gasteiger partial charge is 0.371 e. The molecule has 7 nitrogen and oxygen atoms in total. The van der Waals surface area contributed by atoms with Crippen LogP contribution in [0.5, 0.6) is 0 Å². The monoisotopic (exact) mass is 379 g/mol. The van der Waals surface area contributed by atoms with Gasteiger partial charge in [0.05, 0.1) is 9.82 Å². The summed E-state index contributed by atoms with van der Waals surface area (Å²) in [5.41, 5.74) is 0.631. The SMILES string of the molecule is O=[N+]([O-])c1cccc(S(=O)(=O)NCC2CCN(c3ccc(F)cc3)C2)c1. The molecule has 0 radical (unpaired) electrons. The van der Waals surface area contributed by atoms with Crippen molar-refractivity contribution < 1.29 is 17.7 Å². The molecule has 0 spiro atoms. The minimum Gasteiger partial charge on any atom is -0.371 e. The molecule has 0 bridgehead atoms. The summed E-state index contributed by atoms with van der Waals surface area (Å²) in [4.78, 5) is 12.1. The zero-order chi connectivity index (χ0) is 18.7. The number of hydrogen-bond donors (Lipinski definition) is 1. The molecular weight excluding hydrogens is 361 g/mol. The van der Waals surface area contributed by atoms with Crippen molar-refractivity contribution in [3.05, 3.63) is 64.5 Å². The smallest absolute Gasteiger partial charge is 0.270 e. The zero-order valence-electron chi connectivity index (χ0n) is 13.8. The van der Waals surface area contributed by atoms with Crippen LogP contribution in [0.1, 0.15) is 6.42 Å². The standard InChI is InChI=1S/C17H18FN3O4S/c18-14-4-6-15(7-5-14)20-9-8-13(12-20)11-19-26(24,25)17-3-1-2-16(10-17)21(22)23/h1-7,10,13,19H,8-9,11-12H2. The Kier molecular flexibility index (Phi) is 5.19. The van der Waals surface area contributed by atoms with E-state index in [0.717, 1.165) is 24.7 Å². The van der Waals surface area contributed by atoms with Crippen LogP contribution in [0.25, 0.3) is 0 Å². The second-order valence-corrected chi connectivity index (χ2v) is 7.95. The van der Waals surface area contributed by atoms with Gasteiger partial charge in [0, 0.05) is 37.5 Å². The first kappa shape index (κ1) is 18.3. The fourth-order valence-electron chi connectivity index (χ4n) is 2.96. The molecule has 0 saturated carbocycles. The molecule has 9 heteroatoms. The van der Waals surface area contributed by atoms with E-state index in [9.17, 15) is 22.9 Å². The fourth-order valence-corrected chi connectivity index (χ4v) is 4.12. The van der Waals surface area contributed by atoms with Crippen LogP contribution >= 0.6 is 0 Å². The second kappa shape index (κ2) is 7.38. The molecule has 0 amide bonds. The molecule has 1 aliphatic heterocycles. The number of nitrogens with zero attached hydrogens (tertiary/aromatic N) is 2. The van der Waals surface area contributed by atoms with Crippen LogP contribution in [0, 0.1) is 21.8 Å². The molecule has 0 aromatic heterocycles. The van der Waals surface area contributed by atoms with Gasteiger partial charge in [-0.1, -0.05) is 6.07 Å². The van der Waals surface area contributed by atoms with Gasteiger partial charge in [-0.05, 0) is 42.7 Å². The van der Waals surface area contributed by atoms with Crippen molar-refractivity contribution in [3.8, 4) is 0 Å². The van der Waals surface area contributed by atoms with Crippen LogP contribution < -0.4 is 9.62 Å². The van der Waals surface area contributed by atoms with Gasteiger partial charge in [0.1, 0.15) is 5.82 Å². The van der Waals surface area contributed by atoms with Gasteiger partial charge in [0.15, 0.2) is 0 Å². The molecule has 3 rings (SSSR count). The van der Waals surface area contributed by atoms with Crippen LogP contribution in [-0.2, 0) is 10.0 Å². The normalized spacial score (nSPS) is 17.4. The summed E-state index contributed by atoms with van der Waals surface area (Å²) in [5.74, 6) is -0.192. The minimum absolute atomic E-state index is 0.105. The molecule has 1 aliphatic rings. The summed E-state index contributed by atoms with van der Waals surface area (Å²) in [5, 5.41) is 10.8. The second-order valence-electron chi connectivity index (χ2n) is 6.18. The summed E-state index contributed by atoms with van der Waals surface area (Å²) in [6.07, 6.45) is 0.800. The molecule has 1 atom stereocenters. The van der Waals surface area contributed by atoms with Crippen molar-refractivity contribution in [3.63, 3.8) is 0 Å². The van der Waals surface area contributed by atoms with Crippen LogP contribution in [0.3, 0.4) is 0 Å². The number of rotatable bonds is 6. The van der Waals surface area contributed by atoms with Crippen LogP contribution in [-0.4, -0.2) is 33.0 Å². The molecule has 0 aliphatic carbocycles. The lowest BCUT2D eigenvalue weighted by molar-refractivity contribution is -0.385. The predicted octanol–water partition coefficient (Wildman–Crippen LogP) is 2.54. The quantitative estimate of drug-likeness (QED) is 0.615. The van der Waals surface area contributed by atoms with Crippen molar-refractivity contribution in [1.29, 1.82) is 0 Å². The Morgan fingerprint density at radius 1 is 1.23 bits per heavy atom. The molecule has 1 fully saturated rings. The number of nitro groups is 1. The third-order valence-corrected chi connectivity index (χ3v) is 5.80. The first-order valence-corrected chi connectivity index (χ1v) is 9.58. The van der Waals surface area contributed by atoms with Gasteiger partial charge >= 0.3 is 0 Å². The number of anilines is 1. The van der Waals surface area contributed by atoms with Crippen LogP contribution in [0.15, 0.2) is 53.4 Å². The van der Waals surface area contributed by atoms with E-state index in [-0.39, 0.29) is 28.9 Å². The topological polar surface area (TPSA) is 92.5 Å². The predicted molar refractivity (Wildman–Crippen MR) is 95.0 cm³/mol. The lowest BCUT2D eigenvalue weighted by Gasteiger charge is -2.18. The number of benzene rings is 2. The number of sulfonamides is 1. The van der Waals surface area contributed by atoms with Crippen molar-refractivity contribution in [2.24, 2.45) is 5.92 Å². The highest BCUT2D eigenvalue weighted by atomic mass is 32.2. The van der Waals surface area contributed by atoms with E-state index in [2.05, 4.69) is 9.62 Å². The Morgan fingerprint density at radius 2 is 1.96 bits per heavy atom. The Bertz CT molecular complexity index is 902. The van der Waals surface area contributed by atoms with Crippen LogP contribution in [0.4, 0.5) is 15.8 Å². The first-order valence-electron chi connectivity index (χ1n) is 8.10. The van der Waals surface area contributed by atoms with Gasteiger partial charge in [-0.2, -0.15) is 0 Å². The van der Waals surface area contributed by atoms with E-state index < -0.39 is 14.9 Å². The highest BCUT2D eigenvalue weighted by Gasteiger charge is 2.25. The summed E-state index contributed by atoms with van der Waals surface area (Å²) in [6.45, 7) is 1.65. The maximum absolute atomic E-state index is 13.0. The molecule has 1 unspecified atom stereocenters. The third kappa shape index (κ3) is 4.17. The number of nitro benzene ring substituents is 1. The highest BCUT2D eigenvalue weighted by Crippen LogP contribution is 2.24. The number of hydrogen-bond acceptors (Lipinski definition) is 5. The number of nitrogens with one attached hydrogen (secondary N) is 1. The highest BCUT2D eigenvalue weighted by molar-refractivity contribution is 7.89. The summed E-state index contributed by atoms with van der Waals surface area (Å²) >= 11 is 0. The minimum atomic E-state index is -3.81. The van der Waals surface area contributed by atoms with E-state index >= 15 is 0 Å². The Labute approximate surface area is 150 Å². The van der Waals surface area contributed by atoms with Gasteiger partial charge in [-0.25, -0.2) is 17.5 Å². The van der Waals surface area contributed by atoms with Gasteiger partial charge in [0.2, 0.25) is 10.0 Å². The lowest BCUT2D eigenvalue weighted by Crippen LogP contribution is -2.31. The van der Waals surface area contributed by atoms with E-state index in [1.807, 2.05) is 0 Å². The van der Waals surface area contributed by atoms with E-state index in [4.69, 9.17) is 0 Å². The molecule has 1 saturated heterocycles. The molecule has 2 aromatic carbocycles. The number of non-ortho nitro benzene ring substituents is 1. The summed E-state index contributed by atoms with van der Waals surface area (Å²) in [6, 6.07) is 11.2. The van der Waals surface area contributed by atoms with E-state index in [1.165, 1.54) is 30.3 Å². The average Bonchev–Trinajstić information content (AvgIpc) is 3.10. The van der Waals surface area contributed by atoms with Gasteiger partial charge in [0.25, 0.3) is 5.69 Å². The summed E-state index contributed by atoms with van der Waals surface area (Å²) in [7, 11) is -3.81. The number of halogens is 1. The molecule has 26 heavy (non-hydrogen) atoms. The Hall–Kier alpha value is -2.52. The van der Waals surface area contributed by atoms with Crippen LogP contribution in [0.2, 0.25) is 0 Å². The Balaban J connectivity index is 1.61. The molecule has 1 N–H and O–H groups in total. The van der Waals surface area contributed by atoms with E-state index in [1.54, 1.807) is 12.1 Å². The van der Waals surface area contributed by atoms with Gasteiger partial charge in [-0.3, -0.25) is 10.1 Å². The van der Waals surface area contributed by atoms with Gasteiger partial charge < -0.3 is 4.90 Å². The van der Waals surface area contributed by atoms with Crippen molar-refractivity contribution in [1.82, 2.24) is 4.72 Å². The molecular formula is C17H18FN3O4S. The summed E-state index contributed by atoms with van der Waals surface area (Å²) < 4.78 is 40.3. The average molecular weight is 379 g/mol. The van der Waals surface area contributed by atoms with E-state index in [0.29, 0.717) is 6.54 Å². The van der Waals surface area contributed by atoms with Crippen molar-refractivity contribution in [2.45, 2.75) is 11.3 Å². The first-order chi connectivity index (χ1) is 12.3. The van der Waals surface area contributed by atoms with Crippen molar-refractivity contribution in [2.75, 3.05) is 24.5 Å². The lowest BCUT2D eigenvalue weighted by atomic mass is 10.1. The fraction of sp³-hybridized carbons (Fsp3) is 0.294.